The molecule has 2 aromatic carbocycles. The summed E-state index contributed by atoms with van der Waals surface area (Å²) in [5.41, 5.74) is 3.03. The molecular formula is C18H14ClN5O2. The largest absolute Gasteiger partial charge is 0.464 e. The molecule has 0 atom stereocenters. The number of fused-ring (bicyclic) bond motifs is 1. The van der Waals surface area contributed by atoms with Crippen molar-refractivity contribution in [3.05, 3.63) is 64.8 Å². The fourth-order valence-electron chi connectivity index (χ4n) is 2.75. The quantitative estimate of drug-likeness (QED) is 0.559. The monoisotopic (exact) mass is 367 g/mol. The maximum atomic E-state index is 12.1. The molecule has 0 bridgehead atoms. The van der Waals surface area contributed by atoms with E-state index < -0.39 is 5.97 Å². The van der Waals surface area contributed by atoms with Crippen molar-refractivity contribution in [3.8, 4) is 11.5 Å². The summed E-state index contributed by atoms with van der Waals surface area (Å²) in [4.78, 5) is 19.9. The smallest absolute Gasteiger partial charge is 0.361 e. The van der Waals surface area contributed by atoms with Crippen LogP contribution in [0.15, 0.2) is 48.5 Å². The number of carbonyl (C=O) groups is 1. The van der Waals surface area contributed by atoms with Crippen LogP contribution in [0.5, 0.6) is 0 Å². The molecule has 26 heavy (non-hydrogen) atoms. The number of ether oxygens (including phenoxy) is 1. The molecule has 1 N–H and O–H groups in total. The van der Waals surface area contributed by atoms with E-state index in [0.717, 1.165) is 16.6 Å². The van der Waals surface area contributed by atoms with Crippen LogP contribution in [0.2, 0.25) is 5.02 Å². The van der Waals surface area contributed by atoms with Crippen LogP contribution in [-0.2, 0) is 11.3 Å². The number of halogens is 1. The molecule has 0 amide bonds. The fourth-order valence-corrected chi connectivity index (χ4v) is 2.94. The highest BCUT2D eigenvalue weighted by atomic mass is 35.5. The first-order chi connectivity index (χ1) is 12.7. The third-order valence-electron chi connectivity index (χ3n) is 4.01. The van der Waals surface area contributed by atoms with Crippen molar-refractivity contribution >= 4 is 28.6 Å². The minimum Gasteiger partial charge on any atom is -0.464 e. The predicted octanol–water partition coefficient (Wildman–Crippen LogP) is 3.31. The van der Waals surface area contributed by atoms with Gasteiger partial charge in [-0.1, -0.05) is 47.1 Å². The number of aromatic amines is 1. The lowest BCUT2D eigenvalue weighted by Gasteiger charge is -2.07. The third-order valence-corrected chi connectivity index (χ3v) is 4.37. The SMILES string of the molecule is COC(=O)c1nnn(Cc2ccccc2Cl)c1-c1nc2ccccc2[nH]1. The van der Waals surface area contributed by atoms with Gasteiger partial charge in [-0.2, -0.15) is 0 Å². The van der Waals surface area contributed by atoms with Gasteiger partial charge >= 0.3 is 5.97 Å². The highest BCUT2D eigenvalue weighted by Crippen LogP contribution is 2.25. The summed E-state index contributed by atoms with van der Waals surface area (Å²) < 4.78 is 6.43. The standard InChI is InChI=1S/C18H14ClN5O2/c1-26-18(25)15-16(17-20-13-8-4-5-9-14(13)21-17)24(23-22-15)10-11-6-2-3-7-12(11)19/h2-9H,10H2,1H3,(H,20,21). The van der Waals surface area contributed by atoms with Gasteiger partial charge in [0.1, 0.15) is 5.69 Å². The number of nitrogens with zero attached hydrogens (tertiary/aromatic N) is 4. The summed E-state index contributed by atoms with van der Waals surface area (Å²) in [7, 11) is 1.30. The summed E-state index contributed by atoms with van der Waals surface area (Å²) in [5.74, 6) is -0.0884. The minimum atomic E-state index is -0.578. The Morgan fingerprint density at radius 2 is 1.96 bits per heavy atom. The normalized spacial score (nSPS) is 11.0. The number of imidazole rings is 1. The number of aromatic nitrogens is 5. The number of para-hydroxylation sites is 2. The Morgan fingerprint density at radius 3 is 2.73 bits per heavy atom. The van der Waals surface area contributed by atoms with Gasteiger partial charge < -0.3 is 9.72 Å². The van der Waals surface area contributed by atoms with E-state index in [1.807, 2.05) is 42.5 Å². The minimum absolute atomic E-state index is 0.0959. The maximum absolute atomic E-state index is 12.1. The Morgan fingerprint density at radius 1 is 1.19 bits per heavy atom. The molecule has 0 radical (unpaired) electrons. The number of methoxy groups -OCH3 is 1. The fraction of sp³-hybridized carbons (Fsp3) is 0.111. The molecule has 0 spiro atoms. The number of benzene rings is 2. The van der Waals surface area contributed by atoms with Crippen molar-refractivity contribution in [1.82, 2.24) is 25.0 Å². The first-order valence-corrected chi connectivity index (χ1v) is 8.25. The van der Waals surface area contributed by atoms with Gasteiger partial charge in [-0.05, 0) is 23.8 Å². The number of H-pyrrole nitrogens is 1. The van der Waals surface area contributed by atoms with Gasteiger partial charge in [0, 0.05) is 5.02 Å². The van der Waals surface area contributed by atoms with Crippen LogP contribution in [0.25, 0.3) is 22.6 Å². The Balaban J connectivity index is 1.86. The summed E-state index contributed by atoms with van der Waals surface area (Å²) in [6.07, 6.45) is 0. The number of rotatable bonds is 4. The molecule has 0 aliphatic carbocycles. The predicted molar refractivity (Wildman–Crippen MR) is 97.0 cm³/mol. The molecule has 0 fully saturated rings. The molecule has 4 aromatic rings. The first kappa shape index (κ1) is 16.3. The molecule has 130 valence electrons. The van der Waals surface area contributed by atoms with Crippen LogP contribution in [-0.4, -0.2) is 38.0 Å². The zero-order valence-electron chi connectivity index (χ0n) is 13.8. The average Bonchev–Trinajstić information content (AvgIpc) is 3.26. The second-order valence-electron chi connectivity index (χ2n) is 5.63. The maximum Gasteiger partial charge on any atom is 0.361 e. The van der Waals surface area contributed by atoms with Crippen molar-refractivity contribution in [3.63, 3.8) is 0 Å². The van der Waals surface area contributed by atoms with Crippen molar-refractivity contribution in [2.75, 3.05) is 7.11 Å². The number of hydrogen-bond acceptors (Lipinski definition) is 5. The number of nitrogens with one attached hydrogen (secondary N) is 1. The van der Waals surface area contributed by atoms with Gasteiger partial charge in [-0.25, -0.2) is 14.5 Å². The van der Waals surface area contributed by atoms with E-state index in [1.54, 1.807) is 10.7 Å². The Labute approximate surface area is 153 Å². The molecule has 0 aliphatic rings. The van der Waals surface area contributed by atoms with Crippen molar-refractivity contribution in [1.29, 1.82) is 0 Å². The van der Waals surface area contributed by atoms with Gasteiger partial charge in [0.25, 0.3) is 0 Å². The van der Waals surface area contributed by atoms with Crippen molar-refractivity contribution < 1.29 is 9.53 Å². The van der Waals surface area contributed by atoms with Crippen LogP contribution in [0.4, 0.5) is 0 Å². The number of carbonyl (C=O) groups excluding carboxylic acids is 1. The van der Waals surface area contributed by atoms with Crippen LogP contribution in [0.3, 0.4) is 0 Å². The Hall–Kier alpha value is -3.19. The molecule has 4 rings (SSSR count). The summed E-state index contributed by atoms with van der Waals surface area (Å²) in [5, 5.41) is 8.72. The Kier molecular flexibility index (Phi) is 4.14. The van der Waals surface area contributed by atoms with Crippen molar-refractivity contribution in [2.24, 2.45) is 0 Å². The summed E-state index contributed by atoms with van der Waals surface area (Å²) >= 11 is 6.26. The van der Waals surface area contributed by atoms with E-state index in [0.29, 0.717) is 23.1 Å². The van der Waals surface area contributed by atoms with E-state index in [4.69, 9.17) is 16.3 Å². The second kappa shape index (κ2) is 6.61. The molecular weight excluding hydrogens is 354 g/mol. The molecule has 0 aliphatic heterocycles. The average molecular weight is 368 g/mol. The topological polar surface area (TPSA) is 85.7 Å². The number of esters is 1. The molecule has 0 saturated heterocycles. The molecule has 2 heterocycles. The van der Waals surface area contributed by atoms with E-state index in [1.165, 1.54) is 7.11 Å². The van der Waals surface area contributed by atoms with Crippen LogP contribution >= 0.6 is 11.6 Å². The van der Waals surface area contributed by atoms with Gasteiger partial charge in [0.15, 0.2) is 5.82 Å². The lowest BCUT2D eigenvalue weighted by atomic mass is 10.2. The van der Waals surface area contributed by atoms with E-state index in [2.05, 4.69) is 20.3 Å². The molecule has 0 saturated carbocycles. The molecule has 2 aromatic heterocycles. The highest BCUT2D eigenvalue weighted by molar-refractivity contribution is 6.31. The summed E-state index contributed by atoms with van der Waals surface area (Å²) in [6, 6.07) is 15.0. The van der Waals surface area contributed by atoms with Crippen LogP contribution in [0.1, 0.15) is 16.1 Å². The highest BCUT2D eigenvalue weighted by Gasteiger charge is 2.24. The lowest BCUT2D eigenvalue weighted by molar-refractivity contribution is 0.0594. The van der Waals surface area contributed by atoms with E-state index >= 15 is 0 Å². The summed E-state index contributed by atoms with van der Waals surface area (Å²) in [6.45, 7) is 0.343. The lowest BCUT2D eigenvalue weighted by Crippen LogP contribution is -2.08. The zero-order valence-corrected chi connectivity index (χ0v) is 14.6. The third kappa shape index (κ3) is 2.82. The molecule has 7 nitrogen and oxygen atoms in total. The van der Waals surface area contributed by atoms with Gasteiger partial charge in [0.05, 0.1) is 24.7 Å². The number of hydrogen-bond donors (Lipinski definition) is 1. The van der Waals surface area contributed by atoms with Crippen LogP contribution in [0, 0.1) is 0 Å². The first-order valence-electron chi connectivity index (χ1n) is 7.87. The molecule has 0 unspecified atom stereocenters. The van der Waals surface area contributed by atoms with Gasteiger partial charge in [-0.3, -0.25) is 0 Å². The van der Waals surface area contributed by atoms with Crippen LogP contribution < -0.4 is 0 Å². The second-order valence-corrected chi connectivity index (χ2v) is 6.04. The zero-order chi connectivity index (χ0) is 18.1. The van der Waals surface area contributed by atoms with Gasteiger partial charge in [-0.15, -0.1) is 5.10 Å². The van der Waals surface area contributed by atoms with E-state index in [-0.39, 0.29) is 5.69 Å². The van der Waals surface area contributed by atoms with Crippen molar-refractivity contribution in [2.45, 2.75) is 6.54 Å². The van der Waals surface area contributed by atoms with E-state index in [9.17, 15) is 4.79 Å². The Bertz CT molecular complexity index is 1070. The van der Waals surface area contributed by atoms with Gasteiger partial charge in [0.2, 0.25) is 5.69 Å². The molecule has 8 heteroatoms.